The SMILES string of the molecule is CN(CCNC(=O)Cn1ccc2cccc(-c3ccccc3)c21)C1CCCCC1.CN(CCNC(=O)Cn1ccc2cccc(Br)c21)C1CCCCC1. The summed E-state index contributed by atoms with van der Waals surface area (Å²) in [7, 11) is 4.37. The third-order valence-corrected chi connectivity index (χ3v) is 11.8. The molecule has 282 valence electrons. The van der Waals surface area contributed by atoms with Gasteiger partial charge in [-0.05, 0) is 79.5 Å². The van der Waals surface area contributed by atoms with E-state index in [4.69, 9.17) is 0 Å². The average molecular weight is 782 g/mol. The predicted octanol–water partition coefficient (Wildman–Crippen LogP) is 8.47. The lowest BCUT2D eigenvalue weighted by Gasteiger charge is -2.31. The number of halogens is 1. The largest absolute Gasteiger partial charge is 0.353 e. The number of likely N-dealkylation sites (N-methyl/N-ethyl adjacent to an activating group) is 2. The summed E-state index contributed by atoms with van der Waals surface area (Å²) in [4.78, 5) is 29.7. The zero-order valence-corrected chi connectivity index (χ0v) is 33.2. The Morgan fingerprint density at radius 1 is 0.623 bits per heavy atom. The van der Waals surface area contributed by atoms with Crippen molar-refractivity contribution in [2.45, 2.75) is 89.4 Å². The maximum absolute atomic E-state index is 12.6. The van der Waals surface area contributed by atoms with E-state index in [0.29, 0.717) is 38.3 Å². The molecule has 0 atom stereocenters. The Hall–Kier alpha value is -3.92. The maximum atomic E-state index is 12.6. The second-order valence-corrected chi connectivity index (χ2v) is 15.8. The standard InChI is InChI=1S/C25H31N3O.C19H26BrN3O/c1-27(22-12-6-3-7-13-22)18-16-26-24(29)19-28-17-15-21-11-8-14-23(25(21)28)20-9-4-2-5-10-20;1-22(16-7-3-2-4-8-16)13-11-21-18(24)14-23-12-10-15-6-5-9-17(20)19(15)23/h2,4-5,8-11,14-15,17,22H,3,6-7,12-13,16,18-19H2,1H3,(H,26,29);5-6,9-10,12,16H,2-4,7-8,11,13-14H2,1H3,(H,21,24). The van der Waals surface area contributed by atoms with Gasteiger partial charge in [-0.2, -0.15) is 0 Å². The Labute approximate surface area is 324 Å². The molecule has 2 N–H and O–H groups in total. The number of carbonyl (C=O) groups is 2. The first-order valence-electron chi connectivity index (χ1n) is 19.7. The number of fused-ring (bicyclic) bond motifs is 2. The molecule has 53 heavy (non-hydrogen) atoms. The highest BCUT2D eigenvalue weighted by Crippen LogP contribution is 2.30. The fraction of sp³-hybridized carbons (Fsp3) is 0.455. The van der Waals surface area contributed by atoms with E-state index >= 15 is 0 Å². The van der Waals surface area contributed by atoms with Gasteiger partial charge >= 0.3 is 0 Å². The van der Waals surface area contributed by atoms with E-state index in [2.05, 4.69) is 110 Å². The topological polar surface area (TPSA) is 74.5 Å². The Morgan fingerprint density at radius 2 is 1.11 bits per heavy atom. The first kappa shape index (κ1) is 38.8. The van der Waals surface area contributed by atoms with Gasteiger partial charge in [-0.1, -0.05) is 99.2 Å². The van der Waals surface area contributed by atoms with Crippen LogP contribution in [0.2, 0.25) is 0 Å². The quantitative estimate of drug-likeness (QED) is 0.126. The van der Waals surface area contributed by atoms with Crippen LogP contribution in [-0.4, -0.2) is 83.1 Å². The molecule has 0 saturated heterocycles. The summed E-state index contributed by atoms with van der Waals surface area (Å²) in [6.07, 6.45) is 17.3. The minimum atomic E-state index is 0.0697. The van der Waals surface area contributed by atoms with Crippen LogP contribution in [0.3, 0.4) is 0 Å². The van der Waals surface area contributed by atoms with Gasteiger partial charge in [0.1, 0.15) is 13.1 Å². The van der Waals surface area contributed by atoms with E-state index in [1.165, 1.54) is 69.8 Å². The molecule has 2 heterocycles. The Kier molecular flexibility index (Phi) is 14.2. The van der Waals surface area contributed by atoms with Gasteiger partial charge in [0.15, 0.2) is 0 Å². The van der Waals surface area contributed by atoms with Crippen LogP contribution in [0.5, 0.6) is 0 Å². The van der Waals surface area contributed by atoms with Gasteiger partial charge in [0.25, 0.3) is 0 Å². The number of nitrogens with zero attached hydrogens (tertiary/aromatic N) is 4. The molecular formula is C44H57BrN6O2. The third-order valence-electron chi connectivity index (χ3n) is 11.2. The van der Waals surface area contributed by atoms with Crippen LogP contribution in [0.4, 0.5) is 0 Å². The average Bonchev–Trinajstić information content (AvgIpc) is 3.80. The second kappa shape index (κ2) is 19.4. The molecule has 3 aromatic carbocycles. The number of amides is 2. The molecule has 2 aliphatic rings. The summed E-state index contributed by atoms with van der Waals surface area (Å²) in [6, 6.07) is 28.3. The molecule has 0 aliphatic heterocycles. The summed E-state index contributed by atoms with van der Waals surface area (Å²) >= 11 is 3.57. The van der Waals surface area contributed by atoms with Crippen molar-refractivity contribution < 1.29 is 9.59 Å². The van der Waals surface area contributed by atoms with Crippen molar-refractivity contribution >= 4 is 49.6 Å². The first-order chi connectivity index (χ1) is 25.9. The van der Waals surface area contributed by atoms with Crippen LogP contribution < -0.4 is 10.6 Å². The Bertz CT molecular complexity index is 1910. The van der Waals surface area contributed by atoms with Crippen LogP contribution in [0, 0.1) is 0 Å². The smallest absolute Gasteiger partial charge is 0.239 e. The molecule has 2 saturated carbocycles. The molecule has 0 bridgehead atoms. The lowest BCUT2D eigenvalue weighted by Crippen LogP contribution is -2.40. The van der Waals surface area contributed by atoms with Gasteiger partial charge in [-0.15, -0.1) is 0 Å². The van der Waals surface area contributed by atoms with Gasteiger partial charge in [0.05, 0.1) is 11.0 Å². The number of para-hydroxylation sites is 2. The van der Waals surface area contributed by atoms with Crippen molar-refractivity contribution in [3.8, 4) is 11.1 Å². The van der Waals surface area contributed by atoms with E-state index in [0.717, 1.165) is 44.9 Å². The van der Waals surface area contributed by atoms with Gasteiger partial charge < -0.3 is 29.6 Å². The lowest BCUT2D eigenvalue weighted by atomic mass is 9.94. The maximum Gasteiger partial charge on any atom is 0.239 e. The van der Waals surface area contributed by atoms with Crippen molar-refractivity contribution in [2.75, 3.05) is 40.3 Å². The number of hydrogen-bond acceptors (Lipinski definition) is 4. The van der Waals surface area contributed by atoms with Crippen LogP contribution in [0.15, 0.2) is 95.7 Å². The van der Waals surface area contributed by atoms with Crippen molar-refractivity contribution in [1.82, 2.24) is 29.6 Å². The summed E-state index contributed by atoms with van der Waals surface area (Å²) in [5.74, 6) is 0.141. The van der Waals surface area contributed by atoms with E-state index in [1.807, 2.05) is 41.2 Å². The molecule has 2 aliphatic carbocycles. The number of rotatable bonds is 13. The molecule has 0 unspecified atom stereocenters. The highest BCUT2D eigenvalue weighted by molar-refractivity contribution is 9.10. The van der Waals surface area contributed by atoms with Crippen molar-refractivity contribution in [3.63, 3.8) is 0 Å². The molecule has 2 fully saturated rings. The minimum absolute atomic E-state index is 0.0697. The number of benzene rings is 3. The van der Waals surface area contributed by atoms with E-state index in [-0.39, 0.29) is 11.8 Å². The Balaban J connectivity index is 0.000000185. The molecule has 9 heteroatoms. The number of nitrogens with one attached hydrogen (secondary N) is 2. The van der Waals surface area contributed by atoms with Crippen molar-refractivity contribution in [1.29, 1.82) is 0 Å². The zero-order chi connectivity index (χ0) is 37.0. The molecular weight excluding hydrogens is 724 g/mol. The number of carbonyl (C=O) groups excluding carboxylic acids is 2. The molecule has 5 aromatic rings. The summed E-state index contributed by atoms with van der Waals surface area (Å²) in [5, 5.41) is 8.48. The van der Waals surface area contributed by atoms with Crippen LogP contribution in [0.25, 0.3) is 32.9 Å². The molecule has 2 aromatic heterocycles. The normalized spacial score (nSPS) is 15.5. The molecule has 0 spiro atoms. The summed E-state index contributed by atoms with van der Waals surface area (Å²) in [6.45, 7) is 3.97. The fourth-order valence-corrected chi connectivity index (χ4v) is 8.77. The Morgan fingerprint density at radius 3 is 1.66 bits per heavy atom. The monoisotopic (exact) mass is 780 g/mol. The number of hydrogen-bond donors (Lipinski definition) is 2. The van der Waals surface area contributed by atoms with E-state index in [9.17, 15) is 9.59 Å². The van der Waals surface area contributed by atoms with E-state index < -0.39 is 0 Å². The highest BCUT2D eigenvalue weighted by atomic mass is 79.9. The summed E-state index contributed by atoms with van der Waals surface area (Å²) in [5.41, 5.74) is 4.53. The molecule has 2 amide bonds. The molecule has 8 nitrogen and oxygen atoms in total. The fourth-order valence-electron chi connectivity index (χ4n) is 8.16. The predicted molar refractivity (Wildman–Crippen MR) is 222 cm³/mol. The second-order valence-electron chi connectivity index (χ2n) is 14.9. The molecule has 7 rings (SSSR count). The third kappa shape index (κ3) is 10.6. The van der Waals surface area contributed by atoms with Gasteiger partial charge in [-0.25, -0.2) is 0 Å². The zero-order valence-electron chi connectivity index (χ0n) is 31.6. The van der Waals surface area contributed by atoms with Crippen molar-refractivity contribution in [2.24, 2.45) is 0 Å². The van der Waals surface area contributed by atoms with Crippen molar-refractivity contribution in [3.05, 3.63) is 95.7 Å². The van der Waals surface area contributed by atoms with Crippen LogP contribution in [-0.2, 0) is 22.7 Å². The van der Waals surface area contributed by atoms with Crippen LogP contribution in [0.1, 0.15) is 64.2 Å². The first-order valence-corrected chi connectivity index (χ1v) is 20.5. The van der Waals surface area contributed by atoms with Gasteiger partial charge in [-0.3, -0.25) is 9.59 Å². The van der Waals surface area contributed by atoms with Crippen LogP contribution >= 0.6 is 15.9 Å². The van der Waals surface area contributed by atoms with Gasteiger partial charge in [0, 0.05) is 71.5 Å². The number of aromatic nitrogens is 2. The summed E-state index contributed by atoms with van der Waals surface area (Å²) < 4.78 is 5.09. The minimum Gasteiger partial charge on any atom is -0.353 e. The lowest BCUT2D eigenvalue weighted by molar-refractivity contribution is -0.122. The molecule has 0 radical (unpaired) electrons. The van der Waals surface area contributed by atoms with E-state index in [1.54, 1.807) is 0 Å². The van der Waals surface area contributed by atoms with Gasteiger partial charge in [0.2, 0.25) is 11.8 Å². The highest BCUT2D eigenvalue weighted by Gasteiger charge is 2.19.